The molecule has 170 valence electrons. The maximum absolute atomic E-state index is 12.9. The molecular formula is C24H28FN3O4. The van der Waals surface area contributed by atoms with Crippen LogP contribution in [0.15, 0.2) is 54.6 Å². The Morgan fingerprint density at radius 1 is 1.12 bits per heavy atom. The average Bonchev–Trinajstić information content (AvgIpc) is 2.81. The lowest BCUT2D eigenvalue weighted by atomic mass is 9.98. The van der Waals surface area contributed by atoms with Crippen molar-refractivity contribution in [2.45, 2.75) is 32.3 Å². The highest BCUT2D eigenvalue weighted by Gasteiger charge is 2.31. The van der Waals surface area contributed by atoms with Crippen molar-refractivity contribution in [2.24, 2.45) is 5.92 Å². The van der Waals surface area contributed by atoms with Gasteiger partial charge in [-0.3, -0.25) is 9.59 Å². The number of hydrogen-bond donors (Lipinski definition) is 2. The van der Waals surface area contributed by atoms with Crippen LogP contribution in [0.1, 0.15) is 25.3 Å². The normalized spacial score (nSPS) is 16.7. The smallest absolute Gasteiger partial charge is 0.321 e. The van der Waals surface area contributed by atoms with Crippen LogP contribution >= 0.6 is 0 Å². The molecule has 1 aliphatic heterocycles. The van der Waals surface area contributed by atoms with Gasteiger partial charge in [0.05, 0.1) is 5.92 Å². The summed E-state index contributed by atoms with van der Waals surface area (Å²) >= 11 is 0. The number of ether oxygens (including phenoxy) is 1. The Morgan fingerprint density at radius 3 is 2.56 bits per heavy atom. The van der Waals surface area contributed by atoms with Gasteiger partial charge in [0.15, 0.2) is 6.10 Å². The third-order valence-corrected chi connectivity index (χ3v) is 5.36. The number of benzene rings is 2. The molecular weight excluding hydrogens is 413 g/mol. The van der Waals surface area contributed by atoms with Crippen LogP contribution in [-0.4, -0.2) is 48.5 Å². The molecule has 32 heavy (non-hydrogen) atoms. The predicted molar refractivity (Wildman–Crippen MR) is 118 cm³/mol. The molecule has 0 bridgehead atoms. The Labute approximate surface area is 186 Å². The van der Waals surface area contributed by atoms with Crippen LogP contribution in [0, 0.1) is 11.7 Å². The standard InChI is InChI=1S/C24H28FN3O4/c1-17(22(29)26-14-13-18-9-11-20(25)12-10-18)32-23(30)19-6-5-15-28(16-19)24(31)27-21-7-3-2-4-8-21/h2-4,7-12,17,19H,5-6,13-16H2,1H3,(H,26,29)(H,27,31). The second-order valence-electron chi connectivity index (χ2n) is 7.83. The van der Waals surface area contributed by atoms with Crippen molar-refractivity contribution < 1.29 is 23.5 Å². The van der Waals surface area contributed by atoms with E-state index in [9.17, 15) is 18.8 Å². The fourth-order valence-electron chi connectivity index (χ4n) is 3.53. The van der Waals surface area contributed by atoms with Crippen LogP contribution in [-0.2, 0) is 20.7 Å². The number of hydrogen-bond acceptors (Lipinski definition) is 4. The third-order valence-electron chi connectivity index (χ3n) is 5.36. The Kier molecular flexibility index (Phi) is 8.19. The molecule has 1 saturated heterocycles. The van der Waals surface area contributed by atoms with E-state index in [-0.39, 0.29) is 18.4 Å². The summed E-state index contributed by atoms with van der Waals surface area (Å²) in [5, 5.41) is 5.54. The minimum atomic E-state index is -0.941. The number of rotatable bonds is 7. The van der Waals surface area contributed by atoms with E-state index in [0.29, 0.717) is 38.0 Å². The van der Waals surface area contributed by atoms with Gasteiger partial charge in [-0.25, -0.2) is 9.18 Å². The predicted octanol–water partition coefficient (Wildman–Crippen LogP) is 3.36. The summed E-state index contributed by atoms with van der Waals surface area (Å²) in [5.74, 6) is -1.66. The summed E-state index contributed by atoms with van der Waals surface area (Å²) in [6.07, 6.45) is 0.887. The van der Waals surface area contributed by atoms with E-state index in [2.05, 4.69) is 10.6 Å². The second kappa shape index (κ2) is 11.3. The second-order valence-corrected chi connectivity index (χ2v) is 7.83. The molecule has 2 aromatic carbocycles. The molecule has 0 radical (unpaired) electrons. The quantitative estimate of drug-likeness (QED) is 0.645. The van der Waals surface area contributed by atoms with Crippen molar-refractivity contribution in [1.29, 1.82) is 0 Å². The molecule has 8 heteroatoms. The summed E-state index contributed by atoms with van der Waals surface area (Å²) < 4.78 is 18.3. The summed E-state index contributed by atoms with van der Waals surface area (Å²) in [4.78, 5) is 38.9. The van der Waals surface area contributed by atoms with E-state index in [1.807, 2.05) is 18.2 Å². The first-order chi connectivity index (χ1) is 15.4. The van der Waals surface area contributed by atoms with Crippen LogP contribution in [0.4, 0.5) is 14.9 Å². The Balaban J connectivity index is 1.42. The molecule has 3 amide bonds. The molecule has 0 saturated carbocycles. The van der Waals surface area contributed by atoms with E-state index in [1.54, 1.807) is 29.2 Å². The zero-order valence-electron chi connectivity index (χ0n) is 18.1. The highest BCUT2D eigenvalue weighted by atomic mass is 19.1. The molecule has 0 spiro atoms. The van der Waals surface area contributed by atoms with E-state index < -0.39 is 23.9 Å². The molecule has 1 aliphatic rings. The van der Waals surface area contributed by atoms with E-state index in [0.717, 1.165) is 5.56 Å². The van der Waals surface area contributed by atoms with Crippen LogP contribution in [0.3, 0.4) is 0 Å². The van der Waals surface area contributed by atoms with Gasteiger partial charge >= 0.3 is 12.0 Å². The lowest BCUT2D eigenvalue weighted by Crippen LogP contribution is -2.46. The lowest BCUT2D eigenvalue weighted by molar-refractivity contribution is -0.160. The number of carbonyl (C=O) groups is 3. The summed E-state index contributed by atoms with van der Waals surface area (Å²) in [7, 11) is 0. The summed E-state index contributed by atoms with van der Waals surface area (Å²) in [6, 6.07) is 14.9. The number of para-hydroxylation sites is 1. The van der Waals surface area contributed by atoms with Crippen molar-refractivity contribution in [3.8, 4) is 0 Å². The van der Waals surface area contributed by atoms with E-state index >= 15 is 0 Å². The minimum Gasteiger partial charge on any atom is -0.452 e. The Morgan fingerprint density at radius 2 is 1.84 bits per heavy atom. The Bertz CT molecular complexity index is 921. The molecule has 1 fully saturated rings. The zero-order chi connectivity index (χ0) is 22.9. The van der Waals surface area contributed by atoms with Gasteiger partial charge in [0.2, 0.25) is 0 Å². The largest absolute Gasteiger partial charge is 0.452 e. The van der Waals surface area contributed by atoms with Crippen LogP contribution in [0.25, 0.3) is 0 Å². The van der Waals surface area contributed by atoms with Gasteiger partial charge in [-0.05, 0) is 56.0 Å². The number of esters is 1. The molecule has 2 atom stereocenters. The van der Waals surface area contributed by atoms with Crippen molar-refractivity contribution in [3.05, 3.63) is 66.0 Å². The number of nitrogens with one attached hydrogen (secondary N) is 2. The number of piperidine rings is 1. The fourth-order valence-corrected chi connectivity index (χ4v) is 3.53. The number of urea groups is 1. The van der Waals surface area contributed by atoms with Crippen LogP contribution in [0.2, 0.25) is 0 Å². The molecule has 2 unspecified atom stereocenters. The highest BCUT2D eigenvalue weighted by molar-refractivity contribution is 5.90. The topological polar surface area (TPSA) is 87.7 Å². The molecule has 7 nitrogen and oxygen atoms in total. The van der Waals surface area contributed by atoms with Crippen molar-refractivity contribution >= 4 is 23.6 Å². The molecule has 0 aliphatic carbocycles. The molecule has 0 aromatic heterocycles. The first-order valence-electron chi connectivity index (χ1n) is 10.8. The fraction of sp³-hybridized carbons (Fsp3) is 0.375. The van der Waals surface area contributed by atoms with Gasteiger partial charge in [0.1, 0.15) is 5.82 Å². The number of likely N-dealkylation sites (tertiary alicyclic amines) is 1. The first kappa shape index (κ1) is 23.2. The third kappa shape index (κ3) is 6.80. The highest BCUT2D eigenvalue weighted by Crippen LogP contribution is 2.20. The number of carbonyl (C=O) groups excluding carboxylic acids is 3. The zero-order valence-corrected chi connectivity index (χ0v) is 18.1. The van der Waals surface area contributed by atoms with Crippen molar-refractivity contribution in [1.82, 2.24) is 10.2 Å². The number of amides is 3. The molecule has 2 aromatic rings. The average molecular weight is 442 g/mol. The van der Waals surface area contributed by atoms with Crippen molar-refractivity contribution in [2.75, 3.05) is 25.0 Å². The molecule has 1 heterocycles. The van der Waals surface area contributed by atoms with Gasteiger partial charge in [0, 0.05) is 25.3 Å². The minimum absolute atomic E-state index is 0.246. The molecule has 3 rings (SSSR count). The van der Waals surface area contributed by atoms with Gasteiger partial charge in [0.25, 0.3) is 5.91 Å². The van der Waals surface area contributed by atoms with Gasteiger partial charge in [-0.15, -0.1) is 0 Å². The SMILES string of the molecule is CC(OC(=O)C1CCCN(C(=O)Nc2ccccc2)C1)C(=O)NCCc1ccc(F)cc1. The molecule has 2 N–H and O–H groups in total. The summed E-state index contributed by atoms with van der Waals surface area (Å²) in [6.45, 7) is 2.68. The summed E-state index contributed by atoms with van der Waals surface area (Å²) in [5.41, 5.74) is 1.58. The first-order valence-corrected chi connectivity index (χ1v) is 10.8. The maximum atomic E-state index is 12.9. The van der Waals surface area contributed by atoms with Crippen LogP contribution < -0.4 is 10.6 Å². The maximum Gasteiger partial charge on any atom is 0.321 e. The van der Waals surface area contributed by atoms with Gasteiger partial charge in [-0.2, -0.15) is 0 Å². The van der Waals surface area contributed by atoms with Crippen LogP contribution in [0.5, 0.6) is 0 Å². The Hall–Kier alpha value is -3.42. The number of nitrogens with zero attached hydrogens (tertiary/aromatic N) is 1. The van der Waals surface area contributed by atoms with Crippen molar-refractivity contribution in [3.63, 3.8) is 0 Å². The van der Waals surface area contributed by atoms with E-state index in [4.69, 9.17) is 4.74 Å². The number of anilines is 1. The van der Waals surface area contributed by atoms with E-state index in [1.165, 1.54) is 19.1 Å². The lowest BCUT2D eigenvalue weighted by Gasteiger charge is -2.32. The van der Waals surface area contributed by atoms with Gasteiger partial charge < -0.3 is 20.3 Å². The van der Waals surface area contributed by atoms with Gasteiger partial charge in [-0.1, -0.05) is 30.3 Å². The number of halogens is 1. The monoisotopic (exact) mass is 441 g/mol.